The van der Waals surface area contributed by atoms with Crippen molar-refractivity contribution in [2.24, 2.45) is 0 Å². The summed E-state index contributed by atoms with van der Waals surface area (Å²) in [7, 11) is 0. The molecule has 2 heteroatoms. The smallest absolute Gasteiger partial charge is 0.0743 e. The molecule has 0 fully saturated rings. The third-order valence-electron chi connectivity index (χ3n) is 3.82. The van der Waals surface area contributed by atoms with Crippen LogP contribution >= 0.6 is 0 Å². The van der Waals surface area contributed by atoms with Crippen molar-refractivity contribution in [3.63, 3.8) is 0 Å². The van der Waals surface area contributed by atoms with E-state index in [1.807, 2.05) is 6.92 Å². The van der Waals surface area contributed by atoms with Crippen LogP contribution in [0.15, 0.2) is 30.3 Å². The molecule has 0 radical (unpaired) electrons. The van der Waals surface area contributed by atoms with Gasteiger partial charge < -0.3 is 10.4 Å². The predicted molar refractivity (Wildman–Crippen MR) is 86.9 cm³/mol. The Balaban J connectivity index is 2.59. The molecule has 0 spiro atoms. The summed E-state index contributed by atoms with van der Waals surface area (Å²) < 4.78 is 0. The van der Waals surface area contributed by atoms with Crippen molar-refractivity contribution < 1.29 is 5.11 Å². The standard InChI is InChI=1S/C18H31NO/c1-4-6-8-13-17(16-11-9-7-10-12-16)19-15-18(3,20)14-5-2/h7,9-12,17,19-20H,4-6,8,13-15H2,1-3H3. The van der Waals surface area contributed by atoms with E-state index in [1.165, 1.54) is 24.8 Å². The van der Waals surface area contributed by atoms with E-state index in [-0.39, 0.29) is 0 Å². The average molecular weight is 277 g/mol. The van der Waals surface area contributed by atoms with Crippen molar-refractivity contribution in [3.8, 4) is 0 Å². The molecule has 114 valence electrons. The van der Waals surface area contributed by atoms with Gasteiger partial charge in [0.2, 0.25) is 0 Å². The summed E-state index contributed by atoms with van der Waals surface area (Å²) in [6, 6.07) is 10.9. The van der Waals surface area contributed by atoms with Crippen molar-refractivity contribution in [2.45, 2.75) is 70.9 Å². The molecule has 1 aromatic rings. The predicted octanol–water partition coefficient (Wildman–Crippen LogP) is 4.45. The second-order valence-corrected chi connectivity index (χ2v) is 6.09. The SMILES string of the molecule is CCCCCC(NCC(C)(O)CCC)c1ccccc1. The highest BCUT2D eigenvalue weighted by atomic mass is 16.3. The van der Waals surface area contributed by atoms with Gasteiger partial charge >= 0.3 is 0 Å². The minimum absolute atomic E-state index is 0.353. The number of aliphatic hydroxyl groups is 1. The first-order valence-electron chi connectivity index (χ1n) is 8.09. The van der Waals surface area contributed by atoms with E-state index in [0.29, 0.717) is 12.6 Å². The minimum Gasteiger partial charge on any atom is -0.389 e. The Kier molecular flexibility index (Phi) is 7.86. The summed E-state index contributed by atoms with van der Waals surface area (Å²) in [4.78, 5) is 0. The fourth-order valence-corrected chi connectivity index (χ4v) is 2.64. The van der Waals surface area contributed by atoms with E-state index in [4.69, 9.17) is 0 Å². The fourth-order valence-electron chi connectivity index (χ4n) is 2.64. The van der Waals surface area contributed by atoms with Crippen molar-refractivity contribution in [1.29, 1.82) is 0 Å². The Hall–Kier alpha value is -0.860. The van der Waals surface area contributed by atoms with Gasteiger partial charge in [-0.25, -0.2) is 0 Å². The summed E-state index contributed by atoms with van der Waals surface area (Å²) >= 11 is 0. The van der Waals surface area contributed by atoms with Gasteiger partial charge in [-0.3, -0.25) is 0 Å². The lowest BCUT2D eigenvalue weighted by Gasteiger charge is -2.27. The van der Waals surface area contributed by atoms with Gasteiger partial charge in [-0.1, -0.05) is 69.9 Å². The zero-order valence-electron chi connectivity index (χ0n) is 13.4. The molecule has 0 aliphatic heterocycles. The van der Waals surface area contributed by atoms with Gasteiger partial charge in [0, 0.05) is 12.6 Å². The number of hydrogen-bond acceptors (Lipinski definition) is 2. The Labute approximate surface area is 124 Å². The first-order valence-corrected chi connectivity index (χ1v) is 8.09. The molecule has 0 aliphatic carbocycles. The molecule has 0 heterocycles. The number of benzene rings is 1. The summed E-state index contributed by atoms with van der Waals surface area (Å²) in [6.07, 6.45) is 6.75. The molecule has 2 nitrogen and oxygen atoms in total. The normalized spacial score (nSPS) is 15.8. The molecule has 0 saturated carbocycles. The second-order valence-electron chi connectivity index (χ2n) is 6.09. The third kappa shape index (κ3) is 6.53. The van der Waals surface area contributed by atoms with Gasteiger partial charge in [-0.2, -0.15) is 0 Å². The monoisotopic (exact) mass is 277 g/mol. The van der Waals surface area contributed by atoms with Gasteiger partial charge in [0.1, 0.15) is 0 Å². The summed E-state index contributed by atoms with van der Waals surface area (Å²) in [5.41, 5.74) is 0.725. The molecule has 0 bridgehead atoms. The van der Waals surface area contributed by atoms with E-state index in [2.05, 4.69) is 49.5 Å². The van der Waals surface area contributed by atoms with Crippen LogP contribution in [-0.4, -0.2) is 17.3 Å². The average Bonchev–Trinajstić information content (AvgIpc) is 2.43. The van der Waals surface area contributed by atoms with Crippen LogP contribution < -0.4 is 5.32 Å². The van der Waals surface area contributed by atoms with Crippen LogP contribution in [0.3, 0.4) is 0 Å². The van der Waals surface area contributed by atoms with Crippen LogP contribution in [0.4, 0.5) is 0 Å². The van der Waals surface area contributed by atoms with E-state index >= 15 is 0 Å². The van der Waals surface area contributed by atoms with Crippen molar-refractivity contribution in [3.05, 3.63) is 35.9 Å². The Morgan fingerprint density at radius 1 is 1.10 bits per heavy atom. The van der Waals surface area contributed by atoms with Gasteiger partial charge in [0.25, 0.3) is 0 Å². The molecule has 2 atom stereocenters. The highest BCUT2D eigenvalue weighted by Gasteiger charge is 2.21. The van der Waals surface area contributed by atoms with Crippen LogP contribution in [0.1, 0.15) is 70.9 Å². The first-order chi connectivity index (χ1) is 9.59. The molecule has 20 heavy (non-hydrogen) atoms. The first kappa shape index (κ1) is 17.2. The summed E-state index contributed by atoms with van der Waals surface area (Å²) in [5.74, 6) is 0. The molecule has 0 aliphatic rings. The molecular weight excluding hydrogens is 246 g/mol. The number of hydrogen-bond donors (Lipinski definition) is 2. The quantitative estimate of drug-likeness (QED) is 0.619. The van der Waals surface area contributed by atoms with Crippen molar-refractivity contribution in [1.82, 2.24) is 5.32 Å². The highest BCUT2D eigenvalue weighted by molar-refractivity contribution is 5.18. The Bertz CT molecular complexity index is 348. The molecule has 1 aromatic carbocycles. The Morgan fingerprint density at radius 3 is 2.40 bits per heavy atom. The molecule has 0 aromatic heterocycles. The van der Waals surface area contributed by atoms with Crippen LogP contribution in [0.5, 0.6) is 0 Å². The van der Waals surface area contributed by atoms with Crippen molar-refractivity contribution in [2.75, 3.05) is 6.54 Å². The molecule has 0 saturated heterocycles. The molecule has 1 rings (SSSR count). The van der Waals surface area contributed by atoms with E-state index in [1.54, 1.807) is 0 Å². The lowest BCUT2D eigenvalue weighted by Crippen LogP contribution is -2.39. The van der Waals surface area contributed by atoms with Crippen LogP contribution in [0.25, 0.3) is 0 Å². The maximum absolute atomic E-state index is 10.3. The maximum atomic E-state index is 10.3. The fraction of sp³-hybridized carbons (Fsp3) is 0.667. The molecule has 0 amide bonds. The number of nitrogens with one attached hydrogen (secondary N) is 1. The van der Waals surface area contributed by atoms with Crippen LogP contribution in [-0.2, 0) is 0 Å². The maximum Gasteiger partial charge on any atom is 0.0743 e. The highest BCUT2D eigenvalue weighted by Crippen LogP contribution is 2.21. The number of rotatable bonds is 10. The third-order valence-corrected chi connectivity index (χ3v) is 3.82. The second kappa shape index (κ2) is 9.15. The summed E-state index contributed by atoms with van der Waals surface area (Å²) in [5, 5.41) is 13.9. The molecule has 2 unspecified atom stereocenters. The van der Waals surface area contributed by atoms with Gasteiger partial charge in [0.15, 0.2) is 0 Å². The molecular formula is C18H31NO. The Morgan fingerprint density at radius 2 is 1.80 bits per heavy atom. The van der Waals surface area contributed by atoms with Gasteiger partial charge in [-0.15, -0.1) is 0 Å². The van der Waals surface area contributed by atoms with E-state index < -0.39 is 5.60 Å². The van der Waals surface area contributed by atoms with Gasteiger partial charge in [0.05, 0.1) is 5.60 Å². The van der Waals surface area contributed by atoms with Gasteiger partial charge in [-0.05, 0) is 25.3 Å². The topological polar surface area (TPSA) is 32.3 Å². The zero-order chi connectivity index (χ0) is 14.8. The lowest BCUT2D eigenvalue weighted by atomic mass is 9.97. The van der Waals surface area contributed by atoms with Crippen LogP contribution in [0.2, 0.25) is 0 Å². The largest absolute Gasteiger partial charge is 0.389 e. The van der Waals surface area contributed by atoms with E-state index in [0.717, 1.165) is 19.3 Å². The summed E-state index contributed by atoms with van der Waals surface area (Å²) in [6.45, 7) is 6.94. The lowest BCUT2D eigenvalue weighted by molar-refractivity contribution is 0.0467. The van der Waals surface area contributed by atoms with Crippen molar-refractivity contribution >= 4 is 0 Å². The zero-order valence-corrected chi connectivity index (χ0v) is 13.4. The van der Waals surface area contributed by atoms with E-state index in [9.17, 15) is 5.11 Å². The minimum atomic E-state index is -0.605. The number of unbranched alkanes of at least 4 members (excludes halogenated alkanes) is 2. The van der Waals surface area contributed by atoms with Crippen LogP contribution in [0, 0.1) is 0 Å². The molecule has 2 N–H and O–H groups in total.